The van der Waals surface area contributed by atoms with Crippen LogP contribution in [-0.4, -0.2) is 89.1 Å². The van der Waals surface area contributed by atoms with E-state index >= 15 is 0 Å². The zero-order valence-corrected chi connectivity index (χ0v) is 24.2. The first-order valence-electron chi connectivity index (χ1n) is 13.4. The van der Waals surface area contributed by atoms with Crippen LogP contribution in [0.4, 0.5) is 0 Å². The Morgan fingerprint density at radius 3 is 2.02 bits per heavy atom. The van der Waals surface area contributed by atoms with E-state index in [1.807, 2.05) is 6.26 Å². The van der Waals surface area contributed by atoms with E-state index in [9.17, 15) is 29.4 Å². The Morgan fingerprint density at radius 1 is 0.878 bits per heavy atom. The Labute approximate surface area is 244 Å². The summed E-state index contributed by atoms with van der Waals surface area (Å²) in [7, 11) is 0. The molecule has 0 bridgehead atoms. The Balaban J connectivity index is 2.95. The SMILES string of the molecule is CSCCC(NC(=O)C(CCCCN)NC(=O)C(N)CCCN=C(N)N)C(=O)NC(Cc1ccc(O)cc1)C(=O)O. The van der Waals surface area contributed by atoms with Crippen LogP contribution in [-0.2, 0) is 25.6 Å². The summed E-state index contributed by atoms with van der Waals surface area (Å²) in [5.41, 5.74) is 22.8. The number of carbonyl (C=O) groups is 4. The van der Waals surface area contributed by atoms with E-state index in [0.29, 0.717) is 43.7 Å². The fourth-order valence-corrected chi connectivity index (χ4v) is 4.28. The molecule has 0 spiro atoms. The van der Waals surface area contributed by atoms with Crippen molar-refractivity contribution in [1.29, 1.82) is 0 Å². The number of benzene rings is 1. The van der Waals surface area contributed by atoms with Gasteiger partial charge in [-0.2, -0.15) is 11.8 Å². The first-order chi connectivity index (χ1) is 19.5. The summed E-state index contributed by atoms with van der Waals surface area (Å²) < 4.78 is 0. The molecule has 3 amide bonds. The Bertz CT molecular complexity index is 1010. The molecular formula is C26H44N8O6S. The molecular weight excluding hydrogens is 552 g/mol. The third-order valence-electron chi connectivity index (χ3n) is 6.12. The van der Waals surface area contributed by atoms with Gasteiger partial charge in [0.1, 0.15) is 23.9 Å². The van der Waals surface area contributed by atoms with E-state index in [-0.39, 0.29) is 37.4 Å². The van der Waals surface area contributed by atoms with Crippen molar-refractivity contribution < 1.29 is 29.4 Å². The number of carboxylic acids is 1. The zero-order valence-electron chi connectivity index (χ0n) is 23.4. The van der Waals surface area contributed by atoms with Crippen LogP contribution in [0.5, 0.6) is 5.75 Å². The molecule has 0 saturated carbocycles. The molecule has 41 heavy (non-hydrogen) atoms. The number of carboxylic acid groups (broad SMARTS) is 1. The fraction of sp³-hybridized carbons (Fsp3) is 0.577. The third kappa shape index (κ3) is 14.6. The van der Waals surface area contributed by atoms with Crippen LogP contribution in [0.25, 0.3) is 0 Å². The van der Waals surface area contributed by atoms with Gasteiger partial charge in [0.05, 0.1) is 6.04 Å². The monoisotopic (exact) mass is 596 g/mol. The average Bonchev–Trinajstić information content (AvgIpc) is 2.92. The van der Waals surface area contributed by atoms with Crippen LogP contribution in [0.3, 0.4) is 0 Å². The predicted octanol–water partition coefficient (Wildman–Crippen LogP) is -1.26. The highest BCUT2D eigenvalue weighted by Crippen LogP contribution is 2.12. The Hall–Kier alpha value is -3.56. The number of aromatic hydroxyl groups is 1. The molecule has 0 aliphatic heterocycles. The number of nitrogens with one attached hydrogen (secondary N) is 3. The van der Waals surface area contributed by atoms with Crippen molar-refractivity contribution in [2.24, 2.45) is 27.9 Å². The lowest BCUT2D eigenvalue weighted by Gasteiger charge is -2.25. The zero-order chi connectivity index (χ0) is 30.8. The molecule has 0 aromatic heterocycles. The van der Waals surface area contributed by atoms with Crippen molar-refractivity contribution >= 4 is 41.4 Å². The molecule has 15 heteroatoms. The van der Waals surface area contributed by atoms with Crippen molar-refractivity contribution in [2.45, 2.75) is 69.1 Å². The van der Waals surface area contributed by atoms with Gasteiger partial charge in [0.15, 0.2) is 5.96 Å². The van der Waals surface area contributed by atoms with Gasteiger partial charge < -0.3 is 49.1 Å². The van der Waals surface area contributed by atoms with Gasteiger partial charge in [-0.3, -0.25) is 19.4 Å². The molecule has 230 valence electrons. The summed E-state index contributed by atoms with van der Waals surface area (Å²) in [4.78, 5) is 54.9. The number of aliphatic carboxylic acids is 1. The van der Waals surface area contributed by atoms with Crippen LogP contribution in [0, 0.1) is 0 Å². The van der Waals surface area contributed by atoms with E-state index < -0.39 is 47.9 Å². The van der Waals surface area contributed by atoms with Crippen molar-refractivity contribution in [2.75, 3.05) is 25.1 Å². The lowest BCUT2D eigenvalue weighted by atomic mass is 10.0. The summed E-state index contributed by atoms with van der Waals surface area (Å²) in [6.07, 6.45) is 4.24. The smallest absolute Gasteiger partial charge is 0.326 e. The second kappa shape index (κ2) is 19.5. The summed E-state index contributed by atoms with van der Waals surface area (Å²) in [5.74, 6) is -2.55. The molecule has 14 nitrogen and oxygen atoms in total. The number of nitrogens with two attached hydrogens (primary N) is 4. The van der Waals surface area contributed by atoms with Crippen molar-refractivity contribution in [3.8, 4) is 5.75 Å². The van der Waals surface area contributed by atoms with Crippen molar-refractivity contribution in [3.05, 3.63) is 29.8 Å². The summed E-state index contributed by atoms with van der Waals surface area (Å²) in [6, 6.07) is 1.78. The number of unbranched alkanes of at least 4 members (excludes halogenated alkanes) is 1. The quantitative estimate of drug-likeness (QED) is 0.0487. The average molecular weight is 597 g/mol. The van der Waals surface area contributed by atoms with E-state index in [2.05, 4.69) is 20.9 Å². The van der Waals surface area contributed by atoms with Crippen LogP contribution in [0.1, 0.15) is 44.1 Å². The normalized spacial score (nSPS) is 13.7. The van der Waals surface area contributed by atoms with Gasteiger partial charge in [0, 0.05) is 13.0 Å². The number of hydrogen-bond acceptors (Lipinski definition) is 9. The minimum atomic E-state index is -1.27. The number of hydrogen-bond donors (Lipinski definition) is 9. The molecule has 13 N–H and O–H groups in total. The molecule has 0 aliphatic carbocycles. The summed E-state index contributed by atoms with van der Waals surface area (Å²) in [6.45, 7) is 0.711. The third-order valence-corrected chi connectivity index (χ3v) is 6.76. The minimum absolute atomic E-state index is 0.0244. The topological polar surface area (TPSA) is 261 Å². The van der Waals surface area contributed by atoms with E-state index in [1.54, 1.807) is 12.1 Å². The van der Waals surface area contributed by atoms with E-state index in [0.717, 1.165) is 0 Å². The molecule has 1 rings (SSSR count). The van der Waals surface area contributed by atoms with E-state index in [1.165, 1.54) is 23.9 Å². The molecule has 1 aromatic rings. The lowest BCUT2D eigenvalue weighted by Crippen LogP contribution is -2.57. The largest absolute Gasteiger partial charge is 0.508 e. The van der Waals surface area contributed by atoms with Gasteiger partial charge in [-0.25, -0.2) is 4.79 Å². The number of aliphatic imine (C=N–C) groups is 1. The molecule has 0 aliphatic rings. The number of rotatable bonds is 20. The summed E-state index contributed by atoms with van der Waals surface area (Å²) in [5, 5.41) is 27.0. The Kier molecular flexibility index (Phi) is 16.9. The van der Waals surface area contributed by atoms with Crippen molar-refractivity contribution in [1.82, 2.24) is 16.0 Å². The molecule has 1 aromatic carbocycles. The van der Waals surface area contributed by atoms with Crippen molar-refractivity contribution in [3.63, 3.8) is 0 Å². The molecule has 0 saturated heterocycles. The number of phenolic OH excluding ortho intramolecular Hbond substituents is 1. The second-order valence-electron chi connectivity index (χ2n) is 9.51. The first kappa shape index (κ1) is 35.5. The highest BCUT2D eigenvalue weighted by atomic mass is 32.2. The van der Waals surface area contributed by atoms with Crippen LogP contribution in [0.15, 0.2) is 29.3 Å². The van der Waals surface area contributed by atoms with Gasteiger partial charge in [-0.15, -0.1) is 0 Å². The lowest BCUT2D eigenvalue weighted by molar-refractivity contribution is -0.142. The van der Waals surface area contributed by atoms with Gasteiger partial charge in [-0.05, 0) is 74.8 Å². The minimum Gasteiger partial charge on any atom is -0.508 e. The summed E-state index contributed by atoms with van der Waals surface area (Å²) >= 11 is 1.46. The molecule has 0 radical (unpaired) electrons. The van der Waals surface area contributed by atoms with Gasteiger partial charge in [0.2, 0.25) is 17.7 Å². The maximum absolute atomic E-state index is 13.3. The standard InChI is InChI=1S/C26H44N8O6S/c1-41-14-11-20(24(38)34-21(25(39)40)15-16-7-9-17(35)10-8-16)33-23(37)19(6-2-3-12-27)32-22(36)18(28)5-4-13-31-26(29)30/h7-10,18-21,35H,2-6,11-15,27-28H2,1H3,(H,32,36)(H,33,37)(H,34,38)(H,39,40)(H4,29,30,31). The van der Waals surface area contributed by atoms with Crippen LogP contribution in [0.2, 0.25) is 0 Å². The number of nitrogens with zero attached hydrogens (tertiary/aromatic N) is 1. The predicted molar refractivity (Wildman–Crippen MR) is 159 cm³/mol. The number of carbonyl (C=O) groups excluding carboxylic acids is 3. The molecule has 4 atom stereocenters. The highest BCUT2D eigenvalue weighted by molar-refractivity contribution is 7.98. The van der Waals surface area contributed by atoms with Crippen LogP contribution >= 0.6 is 11.8 Å². The molecule has 0 fully saturated rings. The van der Waals surface area contributed by atoms with Gasteiger partial charge in [0.25, 0.3) is 0 Å². The first-order valence-corrected chi connectivity index (χ1v) is 14.8. The number of amides is 3. The molecule has 0 heterocycles. The maximum atomic E-state index is 13.3. The van der Waals surface area contributed by atoms with Gasteiger partial charge >= 0.3 is 5.97 Å². The Morgan fingerprint density at radius 2 is 1.46 bits per heavy atom. The highest BCUT2D eigenvalue weighted by Gasteiger charge is 2.30. The second-order valence-corrected chi connectivity index (χ2v) is 10.5. The number of guanidine groups is 1. The van der Waals surface area contributed by atoms with E-state index in [4.69, 9.17) is 22.9 Å². The maximum Gasteiger partial charge on any atom is 0.326 e. The van der Waals surface area contributed by atoms with Crippen LogP contribution < -0.4 is 38.9 Å². The fourth-order valence-electron chi connectivity index (χ4n) is 3.81. The number of thioether (sulfide) groups is 1. The number of phenols is 1. The van der Waals surface area contributed by atoms with Gasteiger partial charge in [-0.1, -0.05) is 12.1 Å². The molecule has 4 unspecified atom stereocenters.